The van der Waals surface area contributed by atoms with Crippen LogP contribution in [0.25, 0.3) is 11.4 Å². The number of aromatic nitrogens is 3. The molecule has 0 radical (unpaired) electrons. The van der Waals surface area contributed by atoms with Gasteiger partial charge in [0, 0.05) is 24.4 Å². The molecule has 0 saturated carbocycles. The number of hydrogen-bond acceptors (Lipinski definition) is 5. The number of fused-ring (bicyclic) bond motifs is 3. The second-order valence-electron chi connectivity index (χ2n) is 5.87. The second-order valence-corrected chi connectivity index (χ2v) is 5.87. The molecule has 2 aromatic rings. The first-order valence-electron chi connectivity index (χ1n) is 7.84. The third kappa shape index (κ3) is 2.48. The maximum Gasteiger partial charge on any atom is 0.345 e. The number of carbonyl (C=O) groups is 1. The van der Waals surface area contributed by atoms with Crippen LogP contribution in [0.15, 0.2) is 4.79 Å². The number of aromatic amines is 1. The molecule has 2 aromatic heterocycles. The number of aromatic carboxylic acids is 1. The molecule has 0 saturated heterocycles. The summed E-state index contributed by atoms with van der Waals surface area (Å²) in [6.45, 7) is 2.53. The standard InChI is InChI=1S/C16H19N3O5/c1-8-17-13-10(19(8)6-3-7-20)5-2-4-9-12(13)18-15(22)11(14(9)21)16(23)24/h20H,2-7H2,1H3,(H,23,24)(H2,18,21,22). The lowest BCUT2D eigenvalue weighted by Gasteiger charge is -2.10. The predicted octanol–water partition coefficient (Wildman–Crippen LogP) is 0.822. The fourth-order valence-electron chi connectivity index (χ4n) is 3.29. The van der Waals surface area contributed by atoms with Gasteiger partial charge in [0.05, 0.1) is 5.69 Å². The van der Waals surface area contributed by atoms with Gasteiger partial charge in [0.25, 0.3) is 5.56 Å². The molecule has 1 aliphatic carbocycles. The van der Waals surface area contributed by atoms with Gasteiger partial charge in [-0.25, -0.2) is 9.78 Å². The molecule has 24 heavy (non-hydrogen) atoms. The molecule has 0 amide bonds. The molecule has 4 N–H and O–H groups in total. The molecular formula is C16H19N3O5. The Bertz CT molecular complexity index is 866. The summed E-state index contributed by atoms with van der Waals surface area (Å²) >= 11 is 0. The van der Waals surface area contributed by atoms with Crippen LogP contribution in [0.3, 0.4) is 0 Å². The first-order valence-corrected chi connectivity index (χ1v) is 7.84. The number of carboxylic acids is 1. The van der Waals surface area contributed by atoms with Crippen LogP contribution in [0.2, 0.25) is 0 Å². The van der Waals surface area contributed by atoms with E-state index in [9.17, 15) is 14.7 Å². The molecule has 0 unspecified atom stereocenters. The Labute approximate surface area is 137 Å². The molecular weight excluding hydrogens is 314 g/mol. The molecule has 128 valence electrons. The first-order chi connectivity index (χ1) is 11.5. The van der Waals surface area contributed by atoms with Gasteiger partial charge in [-0.1, -0.05) is 0 Å². The quantitative estimate of drug-likeness (QED) is 0.656. The number of nitrogens with zero attached hydrogens (tertiary/aromatic N) is 2. The summed E-state index contributed by atoms with van der Waals surface area (Å²) in [5, 5.41) is 28.5. The van der Waals surface area contributed by atoms with E-state index in [4.69, 9.17) is 10.2 Å². The van der Waals surface area contributed by atoms with Gasteiger partial charge in [-0.15, -0.1) is 0 Å². The van der Waals surface area contributed by atoms with Crippen LogP contribution < -0.4 is 5.56 Å². The van der Waals surface area contributed by atoms with Gasteiger partial charge in [-0.05, 0) is 32.6 Å². The van der Waals surface area contributed by atoms with Crippen LogP contribution in [0.1, 0.15) is 40.3 Å². The predicted molar refractivity (Wildman–Crippen MR) is 85.4 cm³/mol. The van der Waals surface area contributed by atoms with Gasteiger partial charge >= 0.3 is 5.97 Å². The Morgan fingerprint density at radius 2 is 2.12 bits per heavy atom. The SMILES string of the molecule is Cc1nc2c(n1CCCO)CCCc1c-2[nH]c(=O)c(C(=O)O)c1O. The maximum atomic E-state index is 12.1. The second kappa shape index (κ2) is 6.12. The van der Waals surface area contributed by atoms with Crippen molar-refractivity contribution in [2.45, 2.75) is 39.2 Å². The minimum atomic E-state index is -1.45. The van der Waals surface area contributed by atoms with E-state index >= 15 is 0 Å². The molecule has 8 heteroatoms. The van der Waals surface area contributed by atoms with E-state index in [-0.39, 0.29) is 6.61 Å². The minimum Gasteiger partial charge on any atom is -0.506 e. The van der Waals surface area contributed by atoms with Crippen LogP contribution in [-0.2, 0) is 19.4 Å². The summed E-state index contributed by atoms with van der Waals surface area (Å²) in [5.41, 5.74) is 0.835. The molecule has 0 atom stereocenters. The van der Waals surface area contributed by atoms with Gasteiger partial charge in [0.15, 0.2) is 5.56 Å². The van der Waals surface area contributed by atoms with Crippen LogP contribution >= 0.6 is 0 Å². The zero-order valence-electron chi connectivity index (χ0n) is 13.3. The van der Waals surface area contributed by atoms with Gasteiger partial charge in [-0.2, -0.15) is 0 Å². The fourth-order valence-corrected chi connectivity index (χ4v) is 3.29. The van der Waals surface area contributed by atoms with Crippen molar-refractivity contribution < 1.29 is 20.1 Å². The van der Waals surface area contributed by atoms with Crippen molar-refractivity contribution in [3.63, 3.8) is 0 Å². The van der Waals surface area contributed by atoms with Gasteiger partial charge in [0.2, 0.25) is 0 Å². The molecule has 0 fully saturated rings. The number of aliphatic hydroxyl groups excluding tert-OH is 1. The van der Waals surface area contributed by atoms with E-state index < -0.39 is 22.8 Å². The van der Waals surface area contributed by atoms with E-state index in [1.54, 1.807) is 0 Å². The lowest BCUT2D eigenvalue weighted by atomic mass is 10.0. The molecule has 3 rings (SSSR count). The Hall–Kier alpha value is -2.61. The van der Waals surface area contributed by atoms with Crippen molar-refractivity contribution in [3.8, 4) is 17.1 Å². The number of aliphatic hydroxyl groups is 1. The van der Waals surface area contributed by atoms with Gasteiger partial charge in [0.1, 0.15) is 17.3 Å². The van der Waals surface area contributed by atoms with Crippen LogP contribution in [0, 0.1) is 6.92 Å². The Morgan fingerprint density at radius 1 is 1.38 bits per heavy atom. The van der Waals surface area contributed by atoms with E-state index in [0.29, 0.717) is 49.2 Å². The number of aromatic hydroxyl groups is 1. The zero-order valence-corrected chi connectivity index (χ0v) is 13.3. The normalized spacial score (nSPS) is 13.2. The van der Waals surface area contributed by atoms with Crippen molar-refractivity contribution in [3.05, 3.63) is 33.0 Å². The summed E-state index contributed by atoms with van der Waals surface area (Å²) in [6.07, 6.45) is 2.44. The lowest BCUT2D eigenvalue weighted by Crippen LogP contribution is -2.20. The van der Waals surface area contributed by atoms with Crippen molar-refractivity contribution in [2.24, 2.45) is 0 Å². The molecule has 0 aromatic carbocycles. The van der Waals surface area contributed by atoms with Crippen molar-refractivity contribution in [2.75, 3.05) is 6.61 Å². The molecule has 8 nitrogen and oxygen atoms in total. The highest BCUT2D eigenvalue weighted by atomic mass is 16.4. The smallest absolute Gasteiger partial charge is 0.345 e. The number of hydrogen-bond donors (Lipinski definition) is 4. The molecule has 2 heterocycles. The summed E-state index contributed by atoms with van der Waals surface area (Å²) in [4.78, 5) is 30.4. The van der Waals surface area contributed by atoms with E-state index in [1.165, 1.54) is 0 Å². The number of aryl methyl sites for hydroxylation is 1. The molecule has 0 spiro atoms. The maximum absolute atomic E-state index is 12.1. The van der Waals surface area contributed by atoms with Crippen LogP contribution in [0.4, 0.5) is 0 Å². The monoisotopic (exact) mass is 333 g/mol. The minimum absolute atomic E-state index is 0.0720. The number of rotatable bonds is 4. The summed E-state index contributed by atoms with van der Waals surface area (Å²) in [7, 11) is 0. The van der Waals surface area contributed by atoms with Crippen molar-refractivity contribution in [1.82, 2.24) is 14.5 Å². The third-order valence-electron chi connectivity index (χ3n) is 4.38. The highest BCUT2D eigenvalue weighted by Crippen LogP contribution is 2.35. The first kappa shape index (κ1) is 16.3. The zero-order chi connectivity index (χ0) is 17.4. The number of nitrogens with one attached hydrogen (secondary N) is 1. The number of imidazole rings is 1. The van der Waals surface area contributed by atoms with Crippen molar-refractivity contribution >= 4 is 5.97 Å². The largest absolute Gasteiger partial charge is 0.506 e. The number of pyridine rings is 1. The average Bonchev–Trinajstić information content (AvgIpc) is 2.71. The number of H-pyrrole nitrogens is 1. The van der Waals surface area contributed by atoms with Gasteiger partial charge in [-0.3, -0.25) is 4.79 Å². The Kier molecular flexibility index (Phi) is 4.15. The van der Waals surface area contributed by atoms with Crippen LogP contribution in [0.5, 0.6) is 5.75 Å². The highest BCUT2D eigenvalue weighted by molar-refractivity contribution is 5.91. The lowest BCUT2D eigenvalue weighted by molar-refractivity contribution is 0.0691. The van der Waals surface area contributed by atoms with Crippen molar-refractivity contribution in [1.29, 1.82) is 0 Å². The topological polar surface area (TPSA) is 128 Å². The van der Waals surface area contributed by atoms with Gasteiger partial charge < -0.3 is 24.9 Å². The summed E-state index contributed by atoms with van der Waals surface area (Å²) in [6, 6.07) is 0. The number of carboxylic acid groups (broad SMARTS) is 1. The molecule has 0 bridgehead atoms. The summed E-state index contributed by atoms with van der Waals surface area (Å²) < 4.78 is 2.00. The summed E-state index contributed by atoms with van der Waals surface area (Å²) in [5.74, 6) is -1.17. The fraction of sp³-hybridized carbons (Fsp3) is 0.438. The van der Waals surface area contributed by atoms with Crippen LogP contribution in [-0.4, -0.2) is 42.4 Å². The highest BCUT2D eigenvalue weighted by Gasteiger charge is 2.28. The molecule has 1 aliphatic rings. The Morgan fingerprint density at radius 3 is 2.79 bits per heavy atom. The molecule has 0 aliphatic heterocycles. The van der Waals surface area contributed by atoms with E-state index in [0.717, 1.165) is 11.5 Å². The average molecular weight is 333 g/mol. The Balaban J connectivity index is 2.23. The van der Waals surface area contributed by atoms with E-state index in [2.05, 4.69) is 9.97 Å². The van der Waals surface area contributed by atoms with E-state index in [1.807, 2.05) is 11.5 Å². The third-order valence-corrected chi connectivity index (χ3v) is 4.38.